The minimum Gasteiger partial charge on any atom is -0.331 e. The van der Waals surface area contributed by atoms with Crippen molar-refractivity contribution in [2.75, 3.05) is 13.6 Å². The largest absolute Gasteiger partial charge is 0.331 e. The van der Waals surface area contributed by atoms with E-state index in [2.05, 4.69) is 28.5 Å². The monoisotopic (exact) mass is 299 g/mol. The molecule has 0 bridgehead atoms. The van der Waals surface area contributed by atoms with Crippen LogP contribution in [0.5, 0.6) is 0 Å². The third-order valence-electron chi connectivity index (χ3n) is 1.77. The normalized spacial score (nSPS) is 9.21. The number of terminal acetylenes is 1. The Morgan fingerprint density at radius 3 is 2.57 bits per heavy atom. The van der Waals surface area contributed by atoms with Gasteiger partial charge in [-0.3, -0.25) is 4.79 Å². The average Bonchev–Trinajstić information content (AvgIpc) is 2.18. The van der Waals surface area contributed by atoms with Crippen molar-refractivity contribution >= 4 is 28.5 Å². The molecule has 1 rings (SSSR count). The molecule has 0 N–H and O–H groups in total. The number of nitrogens with zero attached hydrogens (tertiary/aromatic N) is 1. The Morgan fingerprint density at radius 2 is 2.07 bits per heavy atom. The number of carbonyl (C=O) groups is 1. The molecule has 0 fully saturated rings. The van der Waals surface area contributed by atoms with Crippen LogP contribution in [0.1, 0.15) is 10.4 Å². The van der Waals surface area contributed by atoms with Crippen molar-refractivity contribution in [1.29, 1.82) is 0 Å². The average molecular weight is 299 g/mol. The Hall–Kier alpha value is -1.02. The Morgan fingerprint density at radius 1 is 1.50 bits per heavy atom. The maximum atomic E-state index is 11.7. The van der Waals surface area contributed by atoms with Crippen LogP contribution in [0, 0.1) is 15.9 Å². The minimum absolute atomic E-state index is 0.0423. The van der Waals surface area contributed by atoms with Crippen LogP contribution in [0.3, 0.4) is 0 Å². The second-order valence-corrected chi connectivity index (χ2v) is 4.12. The molecule has 0 aliphatic carbocycles. The highest BCUT2D eigenvalue weighted by molar-refractivity contribution is 14.1. The number of benzene rings is 1. The lowest BCUT2D eigenvalue weighted by atomic mass is 10.2. The van der Waals surface area contributed by atoms with E-state index in [0.29, 0.717) is 12.1 Å². The summed E-state index contributed by atoms with van der Waals surface area (Å²) < 4.78 is 1.11. The molecule has 0 heterocycles. The van der Waals surface area contributed by atoms with E-state index in [4.69, 9.17) is 6.42 Å². The Balaban J connectivity index is 2.80. The summed E-state index contributed by atoms with van der Waals surface area (Å²) in [6.45, 7) is 0.338. The van der Waals surface area contributed by atoms with Gasteiger partial charge < -0.3 is 4.90 Å². The van der Waals surface area contributed by atoms with Crippen molar-refractivity contribution in [1.82, 2.24) is 4.90 Å². The molecule has 1 amide bonds. The van der Waals surface area contributed by atoms with Crippen molar-refractivity contribution in [2.24, 2.45) is 0 Å². The van der Waals surface area contributed by atoms with Crippen LogP contribution in [0.15, 0.2) is 24.3 Å². The number of carbonyl (C=O) groups excluding carboxylic acids is 1. The van der Waals surface area contributed by atoms with Gasteiger partial charge in [-0.25, -0.2) is 0 Å². The maximum absolute atomic E-state index is 11.7. The molecule has 1 aromatic rings. The summed E-state index contributed by atoms with van der Waals surface area (Å²) in [6.07, 6.45) is 5.12. The first-order valence-electron chi connectivity index (χ1n) is 4.09. The molecule has 0 aromatic heterocycles. The number of hydrogen-bond donors (Lipinski definition) is 0. The van der Waals surface area contributed by atoms with Gasteiger partial charge in [0.25, 0.3) is 5.91 Å². The third kappa shape index (κ3) is 2.74. The van der Waals surface area contributed by atoms with Crippen LogP contribution < -0.4 is 0 Å². The summed E-state index contributed by atoms with van der Waals surface area (Å²) in [5.74, 6) is 2.39. The van der Waals surface area contributed by atoms with E-state index < -0.39 is 0 Å². The second-order valence-electron chi connectivity index (χ2n) is 2.87. The first kappa shape index (κ1) is 11.1. The van der Waals surface area contributed by atoms with Gasteiger partial charge in [0.05, 0.1) is 6.54 Å². The number of hydrogen-bond acceptors (Lipinski definition) is 1. The van der Waals surface area contributed by atoms with Crippen LogP contribution in [0.4, 0.5) is 0 Å². The van der Waals surface area contributed by atoms with E-state index >= 15 is 0 Å². The standard InChI is InChI=1S/C11H10INO/c1-3-8-13(2)11(14)9-4-6-10(12)7-5-9/h1,4-7H,8H2,2H3. The van der Waals surface area contributed by atoms with Gasteiger partial charge in [0.2, 0.25) is 0 Å². The highest BCUT2D eigenvalue weighted by Crippen LogP contribution is 2.08. The van der Waals surface area contributed by atoms with Crippen molar-refractivity contribution in [3.8, 4) is 12.3 Å². The zero-order valence-corrected chi connectivity index (χ0v) is 9.98. The molecule has 2 nitrogen and oxygen atoms in total. The molecule has 0 radical (unpaired) electrons. The molecule has 0 aliphatic rings. The molecule has 72 valence electrons. The molecule has 1 aromatic carbocycles. The lowest BCUT2D eigenvalue weighted by Crippen LogP contribution is -2.26. The molecule has 14 heavy (non-hydrogen) atoms. The molecule has 0 atom stereocenters. The molecular formula is C11H10INO. The number of halogens is 1. The number of amides is 1. The fraction of sp³-hybridized carbons (Fsp3) is 0.182. The van der Waals surface area contributed by atoms with Crippen molar-refractivity contribution < 1.29 is 4.79 Å². The lowest BCUT2D eigenvalue weighted by Gasteiger charge is -2.13. The van der Waals surface area contributed by atoms with Gasteiger partial charge >= 0.3 is 0 Å². The maximum Gasteiger partial charge on any atom is 0.254 e. The molecule has 0 spiro atoms. The quantitative estimate of drug-likeness (QED) is 0.604. The van der Waals surface area contributed by atoms with Crippen molar-refractivity contribution in [3.05, 3.63) is 33.4 Å². The first-order valence-corrected chi connectivity index (χ1v) is 5.17. The zero-order chi connectivity index (χ0) is 10.6. The molecule has 3 heteroatoms. The van der Waals surface area contributed by atoms with Crippen LogP contribution in [0.2, 0.25) is 0 Å². The fourth-order valence-corrected chi connectivity index (χ4v) is 1.38. The van der Waals surface area contributed by atoms with E-state index in [9.17, 15) is 4.79 Å². The van der Waals surface area contributed by atoms with Crippen LogP contribution in [-0.4, -0.2) is 24.4 Å². The van der Waals surface area contributed by atoms with Gasteiger partial charge in [-0.05, 0) is 46.9 Å². The highest BCUT2D eigenvalue weighted by atomic mass is 127. The second kappa shape index (κ2) is 5.01. The van der Waals surface area contributed by atoms with Gasteiger partial charge in [-0.2, -0.15) is 0 Å². The summed E-state index contributed by atoms with van der Waals surface area (Å²) in [7, 11) is 1.69. The van der Waals surface area contributed by atoms with Crippen LogP contribution in [0.25, 0.3) is 0 Å². The van der Waals surface area contributed by atoms with E-state index in [1.54, 1.807) is 19.2 Å². The van der Waals surface area contributed by atoms with E-state index in [1.807, 2.05) is 12.1 Å². The Labute approximate surface area is 97.4 Å². The summed E-state index contributed by atoms with van der Waals surface area (Å²) >= 11 is 2.20. The van der Waals surface area contributed by atoms with Crippen molar-refractivity contribution in [2.45, 2.75) is 0 Å². The van der Waals surface area contributed by atoms with Gasteiger partial charge in [0, 0.05) is 16.2 Å². The molecule has 0 unspecified atom stereocenters. The van der Waals surface area contributed by atoms with E-state index in [1.165, 1.54) is 4.90 Å². The highest BCUT2D eigenvalue weighted by Gasteiger charge is 2.09. The summed E-state index contributed by atoms with van der Waals surface area (Å²) in [6, 6.07) is 7.41. The smallest absolute Gasteiger partial charge is 0.254 e. The Bertz CT molecular complexity index is 364. The van der Waals surface area contributed by atoms with Gasteiger partial charge in [-0.1, -0.05) is 5.92 Å². The Kier molecular flexibility index (Phi) is 3.96. The van der Waals surface area contributed by atoms with Gasteiger partial charge in [0.1, 0.15) is 0 Å². The van der Waals surface area contributed by atoms with Crippen molar-refractivity contribution in [3.63, 3.8) is 0 Å². The summed E-state index contributed by atoms with van der Waals surface area (Å²) in [4.78, 5) is 13.2. The zero-order valence-electron chi connectivity index (χ0n) is 7.83. The summed E-state index contributed by atoms with van der Waals surface area (Å²) in [5.41, 5.74) is 0.670. The molecule has 0 saturated heterocycles. The number of rotatable bonds is 2. The van der Waals surface area contributed by atoms with E-state index in [0.717, 1.165) is 3.57 Å². The summed E-state index contributed by atoms with van der Waals surface area (Å²) in [5, 5.41) is 0. The van der Waals surface area contributed by atoms with E-state index in [-0.39, 0.29) is 5.91 Å². The van der Waals surface area contributed by atoms with Crippen LogP contribution in [-0.2, 0) is 0 Å². The van der Waals surface area contributed by atoms with Gasteiger partial charge in [-0.15, -0.1) is 6.42 Å². The minimum atomic E-state index is -0.0423. The topological polar surface area (TPSA) is 20.3 Å². The third-order valence-corrected chi connectivity index (χ3v) is 2.49. The predicted molar refractivity (Wildman–Crippen MR) is 65.0 cm³/mol. The molecule has 0 saturated carbocycles. The first-order chi connectivity index (χ1) is 6.65. The van der Waals surface area contributed by atoms with Gasteiger partial charge in [0.15, 0.2) is 0 Å². The SMILES string of the molecule is C#CCN(C)C(=O)c1ccc(I)cc1. The van der Waals surface area contributed by atoms with Crippen LogP contribution >= 0.6 is 22.6 Å². The molecular weight excluding hydrogens is 289 g/mol. The molecule has 0 aliphatic heterocycles. The fourth-order valence-electron chi connectivity index (χ4n) is 1.02. The predicted octanol–water partition coefficient (Wildman–Crippen LogP) is 2.00. The lowest BCUT2D eigenvalue weighted by molar-refractivity contribution is 0.0812.